The SMILES string of the molecule is CC(C)Cc1ccc(S(=O)(=O)NC2CCC(O)CC2)cc1. The Hall–Kier alpha value is -0.910. The number of sulfonamides is 1. The Labute approximate surface area is 127 Å². The van der Waals surface area contributed by atoms with Gasteiger partial charge in [0.1, 0.15) is 0 Å². The number of hydrogen-bond acceptors (Lipinski definition) is 3. The molecule has 0 aliphatic heterocycles. The molecule has 0 spiro atoms. The Morgan fingerprint density at radius 3 is 2.24 bits per heavy atom. The summed E-state index contributed by atoms with van der Waals surface area (Å²) in [6, 6.07) is 7.07. The van der Waals surface area contributed by atoms with Gasteiger partial charge < -0.3 is 5.11 Å². The zero-order chi connectivity index (χ0) is 15.5. The second kappa shape index (κ2) is 6.90. The second-order valence-corrected chi connectivity index (χ2v) is 8.08. The van der Waals surface area contributed by atoms with E-state index >= 15 is 0 Å². The number of rotatable bonds is 5. The molecule has 0 radical (unpaired) electrons. The second-order valence-electron chi connectivity index (χ2n) is 6.37. The van der Waals surface area contributed by atoms with Crippen molar-refractivity contribution in [1.82, 2.24) is 4.72 Å². The quantitative estimate of drug-likeness (QED) is 0.878. The maximum Gasteiger partial charge on any atom is 0.240 e. The number of benzene rings is 1. The first-order chi connectivity index (χ1) is 9.87. The first kappa shape index (κ1) is 16.5. The molecule has 4 nitrogen and oxygen atoms in total. The molecule has 21 heavy (non-hydrogen) atoms. The molecule has 1 aliphatic rings. The van der Waals surface area contributed by atoms with Gasteiger partial charge in [-0.15, -0.1) is 0 Å². The van der Waals surface area contributed by atoms with Crippen LogP contribution in [0.3, 0.4) is 0 Å². The van der Waals surface area contributed by atoms with Crippen molar-refractivity contribution in [3.63, 3.8) is 0 Å². The molecule has 0 amide bonds. The van der Waals surface area contributed by atoms with E-state index in [0.29, 0.717) is 36.5 Å². The van der Waals surface area contributed by atoms with Crippen molar-refractivity contribution in [2.45, 2.75) is 63.0 Å². The van der Waals surface area contributed by atoms with E-state index < -0.39 is 10.0 Å². The topological polar surface area (TPSA) is 66.4 Å². The van der Waals surface area contributed by atoms with Crippen LogP contribution >= 0.6 is 0 Å². The van der Waals surface area contributed by atoms with Gasteiger partial charge in [0.25, 0.3) is 0 Å². The predicted molar refractivity (Wildman–Crippen MR) is 83.6 cm³/mol. The van der Waals surface area contributed by atoms with E-state index in [1.807, 2.05) is 12.1 Å². The van der Waals surface area contributed by atoms with Crippen LogP contribution in [-0.4, -0.2) is 25.7 Å². The minimum atomic E-state index is -3.45. The van der Waals surface area contributed by atoms with Crippen LogP contribution in [0.25, 0.3) is 0 Å². The van der Waals surface area contributed by atoms with Crippen molar-refractivity contribution in [3.8, 4) is 0 Å². The molecule has 1 saturated carbocycles. The van der Waals surface area contributed by atoms with Crippen LogP contribution in [0.1, 0.15) is 45.1 Å². The molecule has 1 aromatic rings. The van der Waals surface area contributed by atoms with E-state index in [0.717, 1.165) is 12.0 Å². The van der Waals surface area contributed by atoms with Gasteiger partial charge in [-0.3, -0.25) is 0 Å². The fourth-order valence-corrected chi connectivity index (χ4v) is 4.06. The zero-order valence-electron chi connectivity index (χ0n) is 12.7. The first-order valence-corrected chi connectivity index (χ1v) is 9.14. The van der Waals surface area contributed by atoms with E-state index in [9.17, 15) is 13.5 Å². The first-order valence-electron chi connectivity index (χ1n) is 7.66. The monoisotopic (exact) mass is 311 g/mol. The van der Waals surface area contributed by atoms with Crippen LogP contribution in [0.4, 0.5) is 0 Å². The molecule has 0 unspecified atom stereocenters. The van der Waals surface area contributed by atoms with Crippen molar-refractivity contribution in [1.29, 1.82) is 0 Å². The highest BCUT2D eigenvalue weighted by atomic mass is 32.2. The third-order valence-electron chi connectivity index (χ3n) is 3.90. The number of aliphatic hydroxyl groups excluding tert-OH is 1. The lowest BCUT2D eigenvalue weighted by Crippen LogP contribution is -2.38. The maximum absolute atomic E-state index is 12.3. The molecule has 0 saturated heterocycles. The van der Waals surface area contributed by atoms with E-state index in [4.69, 9.17) is 0 Å². The van der Waals surface area contributed by atoms with Gasteiger partial charge in [0.15, 0.2) is 0 Å². The van der Waals surface area contributed by atoms with Gasteiger partial charge in [-0.05, 0) is 55.7 Å². The average Bonchev–Trinajstić information content (AvgIpc) is 2.41. The van der Waals surface area contributed by atoms with Crippen LogP contribution in [0, 0.1) is 5.92 Å². The summed E-state index contributed by atoms with van der Waals surface area (Å²) in [5.74, 6) is 0.555. The molecule has 5 heteroatoms. The molecule has 2 rings (SSSR count). The summed E-state index contributed by atoms with van der Waals surface area (Å²) >= 11 is 0. The minimum Gasteiger partial charge on any atom is -0.393 e. The fourth-order valence-electron chi connectivity index (χ4n) is 2.76. The summed E-state index contributed by atoms with van der Waals surface area (Å²) in [5.41, 5.74) is 1.16. The molecular formula is C16H25NO3S. The van der Waals surface area contributed by atoms with Gasteiger partial charge in [0.05, 0.1) is 11.0 Å². The zero-order valence-corrected chi connectivity index (χ0v) is 13.6. The molecule has 118 valence electrons. The highest BCUT2D eigenvalue weighted by Crippen LogP contribution is 2.21. The van der Waals surface area contributed by atoms with Crippen molar-refractivity contribution < 1.29 is 13.5 Å². The standard InChI is InChI=1S/C16H25NO3S/c1-12(2)11-13-3-9-16(10-4-13)21(19,20)17-14-5-7-15(18)8-6-14/h3-4,9-10,12,14-15,17-18H,5-8,11H2,1-2H3. The van der Waals surface area contributed by atoms with Crippen molar-refractivity contribution in [2.24, 2.45) is 5.92 Å². The summed E-state index contributed by atoms with van der Waals surface area (Å²) in [7, 11) is -3.45. The maximum atomic E-state index is 12.3. The van der Waals surface area contributed by atoms with Crippen LogP contribution < -0.4 is 4.72 Å². The Morgan fingerprint density at radius 1 is 1.14 bits per heavy atom. The predicted octanol–water partition coefficient (Wildman–Crippen LogP) is 2.47. The number of aliphatic hydroxyl groups is 1. The molecule has 0 heterocycles. The number of nitrogens with one attached hydrogen (secondary N) is 1. The minimum absolute atomic E-state index is 0.0614. The van der Waals surface area contributed by atoms with Crippen molar-refractivity contribution in [3.05, 3.63) is 29.8 Å². The van der Waals surface area contributed by atoms with E-state index in [1.54, 1.807) is 12.1 Å². The van der Waals surface area contributed by atoms with Gasteiger partial charge in [0.2, 0.25) is 10.0 Å². The van der Waals surface area contributed by atoms with Gasteiger partial charge in [-0.2, -0.15) is 0 Å². The summed E-state index contributed by atoms with van der Waals surface area (Å²) in [6.07, 6.45) is 3.41. The third-order valence-corrected chi connectivity index (χ3v) is 5.43. The van der Waals surface area contributed by atoms with Gasteiger partial charge >= 0.3 is 0 Å². The van der Waals surface area contributed by atoms with E-state index in [-0.39, 0.29) is 12.1 Å². The molecule has 1 aliphatic carbocycles. The lowest BCUT2D eigenvalue weighted by atomic mass is 9.94. The van der Waals surface area contributed by atoms with Crippen molar-refractivity contribution >= 4 is 10.0 Å². The van der Waals surface area contributed by atoms with Crippen molar-refractivity contribution in [2.75, 3.05) is 0 Å². The Balaban J connectivity index is 2.02. The molecule has 2 N–H and O–H groups in total. The highest BCUT2D eigenvalue weighted by molar-refractivity contribution is 7.89. The third kappa shape index (κ3) is 4.80. The van der Waals surface area contributed by atoms with E-state index in [1.165, 1.54) is 0 Å². The molecule has 1 fully saturated rings. The Kier molecular flexibility index (Phi) is 5.41. The smallest absolute Gasteiger partial charge is 0.240 e. The Bertz CT molecular complexity index is 543. The van der Waals surface area contributed by atoms with Gasteiger partial charge in [-0.25, -0.2) is 13.1 Å². The lowest BCUT2D eigenvalue weighted by molar-refractivity contribution is 0.120. The summed E-state index contributed by atoms with van der Waals surface area (Å²) in [6.45, 7) is 4.29. The highest BCUT2D eigenvalue weighted by Gasteiger charge is 2.24. The molecule has 0 aromatic heterocycles. The Morgan fingerprint density at radius 2 is 1.71 bits per heavy atom. The number of hydrogen-bond donors (Lipinski definition) is 2. The lowest BCUT2D eigenvalue weighted by Gasteiger charge is -2.26. The molecule has 1 aromatic carbocycles. The normalized spacial score (nSPS) is 23.4. The summed E-state index contributed by atoms with van der Waals surface area (Å²) < 4.78 is 27.4. The molecular weight excluding hydrogens is 286 g/mol. The largest absolute Gasteiger partial charge is 0.393 e. The van der Waals surface area contributed by atoms with Crippen LogP contribution in [0.5, 0.6) is 0 Å². The average molecular weight is 311 g/mol. The van der Waals surface area contributed by atoms with Crippen LogP contribution in [0.15, 0.2) is 29.2 Å². The van der Waals surface area contributed by atoms with Crippen LogP contribution in [0.2, 0.25) is 0 Å². The summed E-state index contributed by atoms with van der Waals surface area (Å²) in [4.78, 5) is 0.320. The summed E-state index contributed by atoms with van der Waals surface area (Å²) in [5, 5.41) is 9.47. The molecule has 0 bridgehead atoms. The van der Waals surface area contributed by atoms with Gasteiger partial charge in [-0.1, -0.05) is 26.0 Å². The van der Waals surface area contributed by atoms with Gasteiger partial charge in [0, 0.05) is 6.04 Å². The fraction of sp³-hybridized carbons (Fsp3) is 0.625. The van der Waals surface area contributed by atoms with Crippen LogP contribution in [-0.2, 0) is 16.4 Å². The molecule has 0 atom stereocenters. The van der Waals surface area contributed by atoms with E-state index in [2.05, 4.69) is 18.6 Å².